The van der Waals surface area contributed by atoms with Crippen molar-refractivity contribution in [2.24, 2.45) is 0 Å². The molecule has 0 bridgehead atoms. The minimum Gasteiger partial charge on any atom is -0.494 e. The van der Waals surface area contributed by atoms with Gasteiger partial charge in [-0.15, -0.1) is 0 Å². The van der Waals surface area contributed by atoms with Crippen LogP contribution in [0.25, 0.3) is 31.9 Å². The molecule has 0 radical (unpaired) electrons. The lowest BCUT2D eigenvalue weighted by atomic mass is 10.1. The van der Waals surface area contributed by atoms with Gasteiger partial charge in [-0.05, 0) is 91.5 Å². The number of cyclic esters (lactones) is 1. The zero-order chi connectivity index (χ0) is 40.5. The molecule has 1 N–H and O–H groups in total. The number of nitrogens with zero attached hydrogens (tertiary/aromatic N) is 2. The smallest absolute Gasteiger partial charge is 0.333 e. The number of esters is 1. The first-order valence-corrected chi connectivity index (χ1v) is 19.5. The lowest BCUT2D eigenvalue weighted by Crippen LogP contribution is -2.06. The lowest BCUT2D eigenvalue weighted by Gasteiger charge is -2.09. The number of carboxylic acids is 1. The molecule has 290 valence electrons. The van der Waals surface area contributed by atoms with Gasteiger partial charge in [0.15, 0.2) is 11.4 Å². The van der Waals surface area contributed by atoms with E-state index in [1.54, 1.807) is 0 Å². The number of halogens is 1. The van der Waals surface area contributed by atoms with Crippen molar-refractivity contribution in [3.8, 4) is 33.8 Å². The molecule has 56 heavy (non-hydrogen) atoms. The summed E-state index contributed by atoms with van der Waals surface area (Å²) in [6.07, 6.45) is 9.15. The topological polar surface area (TPSA) is 108 Å². The Bertz CT molecular complexity index is 1930. The average molecular weight is 820 g/mol. The lowest BCUT2D eigenvalue weighted by molar-refractivity contribution is -0.139. The Balaban J connectivity index is 0.000000261. The summed E-state index contributed by atoms with van der Waals surface area (Å²) in [5, 5.41) is 8.39. The molecular formula is C46H47BrN2O7. The van der Waals surface area contributed by atoms with Gasteiger partial charge in [-0.1, -0.05) is 102 Å². The Hall–Kier alpha value is -5.97. The van der Waals surface area contributed by atoms with Crippen LogP contribution in [0.4, 0.5) is 11.4 Å². The van der Waals surface area contributed by atoms with Gasteiger partial charge in [-0.25, -0.2) is 19.3 Å². The molecule has 1 aliphatic heterocycles. The molecule has 0 saturated carbocycles. The molecule has 1 unspecified atom stereocenters. The Kier molecular flexibility index (Phi) is 20.0. The Labute approximate surface area is 338 Å². The highest BCUT2D eigenvalue weighted by atomic mass is 79.9. The number of ether oxygens (including phenoxy) is 3. The van der Waals surface area contributed by atoms with Crippen molar-refractivity contribution >= 4 is 45.5 Å². The van der Waals surface area contributed by atoms with E-state index in [0.717, 1.165) is 85.0 Å². The molecule has 4 aromatic rings. The monoisotopic (exact) mass is 818 g/mol. The summed E-state index contributed by atoms with van der Waals surface area (Å²) in [5.41, 5.74) is 6.46. The number of hydrogen-bond donors (Lipinski definition) is 1. The largest absolute Gasteiger partial charge is 0.494 e. The molecule has 1 saturated heterocycles. The van der Waals surface area contributed by atoms with Gasteiger partial charge in [-0.3, -0.25) is 0 Å². The van der Waals surface area contributed by atoms with Crippen molar-refractivity contribution in [1.29, 1.82) is 0 Å². The molecule has 0 spiro atoms. The summed E-state index contributed by atoms with van der Waals surface area (Å²) < 4.78 is 16.7. The standard InChI is InChI=1S/C23H23NO3.C19H19NO2.C4H5BrO2/c1-17-16-22(27-23(17)25)6-4-3-5-15-26-21-13-9-19(10-14-21)18-7-11-20(24-2)12-8-18;1-20-18-10-6-16(7-11-18)17-8-12-19(13-9-17)22-15-5-3-2-4-14-21;1-3(2-5)4(6)7/h7-14,22H,1,3-6,15-16H2;6-14H,2-5,15H2;1-2H2,(H,6,7). The molecule has 1 heterocycles. The second kappa shape index (κ2) is 25.2. The molecule has 1 fully saturated rings. The van der Waals surface area contributed by atoms with E-state index in [1.165, 1.54) is 0 Å². The highest BCUT2D eigenvalue weighted by Crippen LogP contribution is 2.27. The van der Waals surface area contributed by atoms with E-state index < -0.39 is 5.97 Å². The van der Waals surface area contributed by atoms with Crippen LogP contribution in [0.1, 0.15) is 57.8 Å². The van der Waals surface area contributed by atoms with E-state index in [-0.39, 0.29) is 17.6 Å². The fourth-order valence-corrected chi connectivity index (χ4v) is 5.57. The summed E-state index contributed by atoms with van der Waals surface area (Å²) in [6.45, 7) is 22.2. The number of carbonyl (C=O) groups excluding carboxylic acids is 2. The second-order valence-corrected chi connectivity index (χ2v) is 13.4. The quantitative estimate of drug-likeness (QED) is 0.0266. The van der Waals surface area contributed by atoms with Crippen LogP contribution in [0.15, 0.2) is 121 Å². The normalized spacial score (nSPS) is 12.7. The maximum Gasteiger partial charge on any atom is 0.333 e. The van der Waals surface area contributed by atoms with Crippen molar-refractivity contribution in [1.82, 2.24) is 0 Å². The summed E-state index contributed by atoms with van der Waals surface area (Å²) in [5.74, 6) is 0.528. The predicted octanol–water partition coefficient (Wildman–Crippen LogP) is 11.8. The van der Waals surface area contributed by atoms with Crippen LogP contribution in [-0.2, 0) is 19.1 Å². The summed E-state index contributed by atoms with van der Waals surface area (Å²) in [6, 6.07) is 31.1. The molecular weight excluding hydrogens is 772 g/mol. The predicted molar refractivity (Wildman–Crippen MR) is 224 cm³/mol. The molecule has 9 nitrogen and oxygen atoms in total. The zero-order valence-corrected chi connectivity index (χ0v) is 33.0. The number of carbonyl (C=O) groups is 3. The molecule has 0 aromatic heterocycles. The van der Waals surface area contributed by atoms with Gasteiger partial charge in [0, 0.05) is 29.3 Å². The van der Waals surface area contributed by atoms with Gasteiger partial charge in [0.05, 0.1) is 26.4 Å². The first-order chi connectivity index (χ1) is 27.2. The molecule has 5 rings (SSSR count). The minimum absolute atomic E-state index is 0.0160. The highest BCUT2D eigenvalue weighted by molar-refractivity contribution is 9.09. The molecule has 0 amide bonds. The molecule has 1 aliphatic rings. The average Bonchev–Trinajstić information content (AvgIpc) is 3.56. The minimum atomic E-state index is -0.947. The molecule has 0 aliphatic carbocycles. The Morgan fingerprint density at radius 1 is 0.750 bits per heavy atom. The third kappa shape index (κ3) is 16.2. The number of benzene rings is 4. The van der Waals surface area contributed by atoms with Crippen molar-refractivity contribution in [3.05, 3.63) is 144 Å². The van der Waals surface area contributed by atoms with E-state index in [9.17, 15) is 14.4 Å². The van der Waals surface area contributed by atoms with Gasteiger partial charge in [0.2, 0.25) is 0 Å². The number of aldehydes is 1. The van der Waals surface area contributed by atoms with E-state index >= 15 is 0 Å². The Morgan fingerprint density at radius 3 is 1.52 bits per heavy atom. The first kappa shape index (κ1) is 44.4. The second-order valence-electron chi connectivity index (χ2n) is 12.8. The van der Waals surface area contributed by atoms with E-state index in [0.29, 0.717) is 48.3 Å². The van der Waals surface area contributed by atoms with Crippen molar-refractivity contribution in [3.63, 3.8) is 0 Å². The van der Waals surface area contributed by atoms with E-state index in [2.05, 4.69) is 38.8 Å². The Morgan fingerprint density at radius 2 is 1.18 bits per heavy atom. The third-order valence-corrected chi connectivity index (χ3v) is 9.22. The number of aliphatic carboxylic acids is 1. The molecule has 1 atom stereocenters. The zero-order valence-electron chi connectivity index (χ0n) is 31.5. The number of unbranched alkanes of at least 4 members (excludes halogenated alkanes) is 5. The number of rotatable bonds is 18. The van der Waals surface area contributed by atoms with Crippen LogP contribution in [0, 0.1) is 13.1 Å². The van der Waals surface area contributed by atoms with Crippen LogP contribution in [0.2, 0.25) is 0 Å². The molecule has 10 heteroatoms. The number of carboxylic acid groups (broad SMARTS) is 1. The number of hydrogen-bond acceptors (Lipinski definition) is 6. The SMILES string of the molecule is C=C(CBr)C(=O)O.[C-]#[N+]c1ccc(-c2ccc(OCCCCCC3CC(=C)C(=O)O3)cc2)cc1.[C-]#[N+]c1ccc(-c2ccc(OCCCCCC=O)cc2)cc1. The maximum absolute atomic E-state index is 11.3. The van der Waals surface area contributed by atoms with E-state index in [4.69, 9.17) is 32.5 Å². The fourth-order valence-electron chi connectivity index (χ4n) is 5.33. The van der Waals surface area contributed by atoms with Crippen LogP contribution in [-0.4, -0.2) is 48.0 Å². The van der Waals surface area contributed by atoms with Crippen LogP contribution in [0.3, 0.4) is 0 Å². The highest BCUT2D eigenvalue weighted by Gasteiger charge is 2.26. The maximum atomic E-state index is 11.3. The van der Waals surface area contributed by atoms with Gasteiger partial charge in [0.1, 0.15) is 23.9 Å². The third-order valence-electron chi connectivity index (χ3n) is 8.54. The van der Waals surface area contributed by atoms with Crippen molar-refractivity contribution in [2.75, 3.05) is 18.5 Å². The first-order valence-electron chi connectivity index (χ1n) is 18.4. The van der Waals surface area contributed by atoms with Crippen LogP contribution >= 0.6 is 15.9 Å². The van der Waals surface area contributed by atoms with Crippen LogP contribution < -0.4 is 9.47 Å². The summed E-state index contributed by atoms with van der Waals surface area (Å²) in [4.78, 5) is 38.1. The van der Waals surface area contributed by atoms with Gasteiger partial charge < -0.3 is 24.1 Å². The van der Waals surface area contributed by atoms with E-state index in [1.807, 2.05) is 97.1 Å². The van der Waals surface area contributed by atoms with Crippen molar-refractivity contribution < 1.29 is 33.7 Å². The summed E-state index contributed by atoms with van der Waals surface area (Å²) >= 11 is 2.93. The van der Waals surface area contributed by atoms with Crippen molar-refractivity contribution in [2.45, 2.75) is 63.9 Å². The van der Waals surface area contributed by atoms with Gasteiger partial charge >= 0.3 is 11.9 Å². The molecule has 4 aromatic carbocycles. The fraction of sp³-hybridized carbons (Fsp3) is 0.283. The van der Waals surface area contributed by atoms with Gasteiger partial charge in [-0.2, -0.15) is 0 Å². The van der Waals surface area contributed by atoms with Gasteiger partial charge in [0.25, 0.3) is 0 Å². The van der Waals surface area contributed by atoms with Crippen LogP contribution in [0.5, 0.6) is 11.5 Å². The number of alkyl halides is 1. The summed E-state index contributed by atoms with van der Waals surface area (Å²) in [7, 11) is 0.